The van der Waals surface area contributed by atoms with E-state index in [0.29, 0.717) is 12.6 Å². The first-order valence-electron chi connectivity index (χ1n) is 9.63. The molecule has 0 unspecified atom stereocenters. The number of likely N-dealkylation sites (tertiary alicyclic amines) is 1. The van der Waals surface area contributed by atoms with E-state index in [-0.39, 0.29) is 11.4 Å². The summed E-state index contributed by atoms with van der Waals surface area (Å²) in [5, 5.41) is 11.0. The highest BCUT2D eigenvalue weighted by Gasteiger charge is 2.47. The Labute approximate surface area is 162 Å². The van der Waals surface area contributed by atoms with E-state index < -0.39 is 0 Å². The van der Waals surface area contributed by atoms with Crippen molar-refractivity contribution in [2.24, 2.45) is 4.99 Å². The second-order valence-electron chi connectivity index (χ2n) is 7.64. The first-order valence-corrected chi connectivity index (χ1v) is 10.6. The van der Waals surface area contributed by atoms with Gasteiger partial charge in [-0.1, -0.05) is 12.8 Å². The van der Waals surface area contributed by atoms with Crippen LogP contribution in [-0.2, 0) is 0 Å². The summed E-state index contributed by atoms with van der Waals surface area (Å²) in [6.07, 6.45) is 7.43. The molecule has 1 spiro atoms. The summed E-state index contributed by atoms with van der Waals surface area (Å²) < 4.78 is 0. The van der Waals surface area contributed by atoms with Crippen LogP contribution in [0.2, 0.25) is 0 Å². The van der Waals surface area contributed by atoms with Crippen LogP contribution >= 0.6 is 11.3 Å². The summed E-state index contributed by atoms with van der Waals surface area (Å²) in [5.74, 6) is 1.87. The molecule has 2 N–H and O–H groups in total. The molecule has 1 amide bonds. The SMILES string of the molecule is O=C(c1ccsc1)N1CC[C@]2(C1)Nc1cccnc1NC2=NC1CCCC1. The Morgan fingerprint density at radius 1 is 1.33 bits per heavy atom. The monoisotopic (exact) mass is 381 g/mol. The van der Waals surface area contributed by atoms with Gasteiger partial charge in [-0.05, 0) is 42.8 Å². The second kappa shape index (κ2) is 6.64. The Hall–Kier alpha value is -2.41. The molecule has 1 saturated carbocycles. The van der Waals surface area contributed by atoms with Gasteiger partial charge < -0.3 is 15.5 Å². The fourth-order valence-corrected chi connectivity index (χ4v) is 5.00. The van der Waals surface area contributed by atoms with E-state index in [0.717, 1.165) is 48.7 Å². The number of amidine groups is 1. The molecule has 3 aliphatic rings. The van der Waals surface area contributed by atoms with Gasteiger partial charge in [-0.3, -0.25) is 9.79 Å². The average molecular weight is 382 g/mol. The van der Waals surface area contributed by atoms with Gasteiger partial charge in [0.05, 0.1) is 23.8 Å². The number of aromatic nitrogens is 1. The summed E-state index contributed by atoms with van der Waals surface area (Å²) in [6, 6.07) is 6.24. The van der Waals surface area contributed by atoms with Crippen LogP contribution in [0.4, 0.5) is 11.5 Å². The molecule has 7 heteroatoms. The number of rotatable bonds is 2. The number of carbonyl (C=O) groups is 1. The number of hydrogen-bond donors (Lipinski definition) is 2. The number of nitrogens with zero attached hydrogens (tertiary/aromatic N) is 3. The third-order valence-electron chi connectivity index (χ3n) is 5.83. The Kier molecular flexibility index (Phi) is 4.11. The number of fused-ring (bicyclic) bond motifs is 1. The van der Waals surface area contributed by atoms with Crippen molar-refractivity contribution >= 4 is 34.6 Å². The number of amides is 1. The molecule has 0 bridgehead atoms. The van der Waals surface area contributed by atoms with Gasteiger partial charge in [-0.25, -0.2) is 4.98 Å². The number of thiophene rings is 1. The zero-order valence-electron chi connectivity index (χ0n) is 15.1. The van der Waals surface area contributed by atoms with Crippen molar-refractivity contribution in [3.8, 4) is 0 Å². The lowest BCUT2D eigenvalue weighted by atomic mass is 9.93. The molecule has 0 radical (unpaired) electrons. The molecule has 2 aromatic rings. The highest BCUT2D eigenvalue weighted by atomic mass is 32.1. The molecule has 2 aliphatic heterocycles. The molecule has 27 heavy (non-hydrogen) atoms. The number of pyridine rings is 1. The standard InChI is InChI=1S/C20H23N5OS/c26-18(14-7-11-27-12-14)25-10-8-20(13-25)19(22-15-4-1-2-5-15)23-17-16(24-20)6-3-9-21-17/h3,6-7,9,11-12,15,24H,1-2,4-5,8,10,13H2,(H,21,22,23)/t20-/m1/s1. The lowest BCUT2D eigenvalue weighted by Crippen LogP contribution is -2.55. The van der Waals surface area contributed by atoms with E-state index in [4.69, 9.17) is 4.99 Å². The van der Waals surface area contributed by atoms with Crippen LogP contribution in [-0.4, -0.2) is 46.3 Å². The minimum atomic E-state index is -0.357. The Morgan fingerprint density at radius 2 is 2.22 bits per heavy atom. The highest BCUT2D eigenvalue weighted by molar-refractivity contribution is 7.08. The van der Waals surface area contributed by atoms with Crippen molar-refractivity contribution in [1.82, 2.24) is 9.88 Å². The summed E-state index contributed by atoms with van der Waals surface area (Å²) in [5.41, 5.74) is 1.40. The number of carbonyl (C=O) groups excluding carboxylic acids is 1. The number of nitrogens with one attached hydrogen (secondary N) is 2. The minimum Gasteiger partial charge on any atom is -0.368 e. The van der Waals surface area contributed by atoms with Gasteiger partial charge in [0, 0.05) is 18.1 Å². The van der Waals surface area contributed by atoms with Crippen LogP contribution in [0, 0.1) is 0 Å². The van der Waals surface area contributed by atoms with Crippen LogP contribution in [0.15, 0.2) is 40.1 Å². The summed E-state index contributed by atoms with van der Waals surface area (Å²) in [6.45, 7) is 1.34. The maximum Gasteiger partial charge on any atom is 0.254 e. The van der Waals surface area contributed by atoms with Crippen molar-refractivity contribution in [2.75, 3.05) is 23.7 Å². The molecule has 140 valence electrons. The molecular weight excluding hydrogens is 358 g/mol. The average Bonchev–Trinajstić information content (AvgIpc) is 3.44. The summed E-state index contributed by atoms with van der Waals surface area (Å²) in [4.78, 5) is 24.4. The van der Waals surface area contributed by atoms with Crippen molar-refractivity contribution in [1.29, 1.82) is 0 Å². The smallest absolute Gasteiger partial charge is 0.254 e. The lowest BCUT2D eigenvalue weighted by molar-refractivity contribution is 0.0790. The first kappa shape index (κ1) is 16.7. The zero-order valence-corrected chi connectivity index (χ0v) is 16.0. The molecule has 6 nitrogen and oxygen atoms in total. The fourth-order valence-electron chi connectivity index (χ4n) is 4.37. The Bertz CT molecular complexity index is 874. The van der Waals surface area contributed by atoms with Gasteiger partial charge in [0.25, 0.3) is 5.91 Å². The topological polar surface area (TPSA) is 69.6 Å². The molecular formula is C20H23N5OS. The predicted octanol–water partition coefficient (Wildman–Crippen LogP) is 3.61. The molecule has 2 aromatic heterocycles. The normalized spacial score (nSPS) is 26.2. The maximum atomic E-state index is 12.9. The van der Waals surface area contributed by atoms with Gasteiger partial charge in [-0.15, -0.1) is 0 Å². The quantitative estimate of drug-likeness (QED) is 0.834. The lowest BCUT2D eigenvalue weighted by Gasteiger charge is -2.38. The molecule has 1 aliphatic carbocycles. The molecule has 1 atom stereocenters. The van der Waals surface area contributed by atoms with Gasteiger partial charge in [0.2, 0.25) is 0 Å². The Morgan fingerprint density at radius 3 is 3.04 bits per heavy atom. The van der Waals surface area contributed by atoms with Gasteiger partial charge >= 0.3 is 0 Å². The summed E-state index contributed by atoms with van der Waals surface area (Å²) in [7, 11) is 0. The molecule has 2 fully saturated rings. The van der Waals surface area contributed by atoms with E-state index >= 15 is 0 Å². The third-order valence-corrected chi connectivity index (χ3v) is 6.52. The van der Waals surface area contributed by atoms with Crippen molar-refractivity contribution in [2.45, 2.75) is 43.7 Å². The number of anilines is 2. The van der Waals surface area contributed by atoms with Crippen LogP contribution in [0.1, 0.15) is 42.5 Å². The largest absolute Gasteiger partial charge is 0.368 e. The van der Waals surface area contributed by atoms with E-state index in [1.165, 1.54) is 12.8 Å². The fraction of sp³-hybridized carbons (Fsp3) is 0.450. The third kappa shape index (κ3) is 3.00. The van der Waals surface area contributed by atoms with E-state index in [1.807, 2.05) is 33.9 Å². The number of aliphatic imine (C=N–C) groups is 1. The van der Waals surface area contributed by atoms with E-state index in [9.17, 15) is 4.79 Å². The van der Waals surface area contributed by atoms with Gasteiger partial charge in [0.1, 0.15) is 11.4 Å². The minimum absolute atomic E-state index is 0.104. The molecule has 4 heterocycles. The molecule has 1 saturated heterocycles. The van der Waals surface area contributed by atoms with E-state index in [2.05, 4.69) is 15.6 Å². The van der Waals surface area contributed by atoms with Crippen LogP contribution in [0.3, 0.4) is 0 Å². The first-order chi connectivity index (χ1) is 13.2. The molecule has 0 aromatic carbocycles. The number of hydrogen-bond acceptors (Lipinski definition) is 5. The van der Waals surface area contributed by atoms with Gasteiger partial charge in [-0.2, -0.15) is 11.3 Å². The van der Waals surface area contributed by atoms with Crippen LogP contribution < -0.4 is 10.6 Å². The highest BCUT2D eigenvalue weighted by Crippen LogP contribution is 2.37. The van der Waals surface area contributed by atoms with Crippen molar-refractivity contribution in [3.05, 3.63) is 40.7 Å². The Balaban J connectivity index is 1.47. The van der Waals surface area contributed by atoms with Crippen LogP contribution in [0.25, 0.3) is 0 Å². The van der Waals surface area contributed by atoms with Crippen LogP contribution in [0.5, 0.6) is 0 Å². The zero-order chi connectivity index (χ0) is 18.3. The van der Waals surface area contributed by atoms with Crippen molar-refractivity contribution < 1.29 is 4.79 Å². The predicted molar refractivity (Wildman–Crippen MR) is 109 cm³/mol. The molecule has 5 rings (SSSR count). The van der Waals surface area contributed by atoms with Gasteiger partial charge in [0.15, 0.2) is 5.82 Å². The van der Waals surface area contributed by atoms with Crippen molar-refractivity contribution in [3.63, 3.8) is 0 Å². The van der Waals surface area contributed by atoms with E-state index in [1.54, 1.807) is 17.5 Å². The summed E-state index contributed by atoms with van der Waals surface area (Å²) >= 11 is 1.56. The maximum absolute atomic E-state index is 12.9. The second-order valence-corrected chi connectivity index (χ2v) is 8.42.